The van der Waals surface area contributed by atoms with Crippen LogP contribution in [0.3, 0.4) is 0 Å². The maximum absolute atomic E-state index is 13.0. The Balaban J connectivity index is 0.00000121. The average molecular weight is 403 g/mol. The van der Waals surface area contributed by atoms with Gasteiger partial charge in [-0.05, 0) is 99.3 Å². The second-order valence-electron chi connectivity index (χ2n) is 8.90. The first-order chi connectivity index (χ1) is 11.5. The summed E-state index contributed by atoms with van der Waals surface area (Å²) >= 11 is 0. The Labute approximate surface area is 169 Å². The standard InChI is InChI=1S/C21H31FN2.2ClH/c1-14(21-11-15-8-16(12-21)10-17(9-15)13-21)24-7-6-20(23)18-2-4-19(22)5-3-18;;/h2-5,14-17,20,24H,6-13,23H2,1H3;2*1H. The van der Waals surface area contributed by atoms with Gasteiger partial charge in [0.05, 0.1) is 0 Å². The summed E-state index contributed by atoms with van der Waals surface area (Å²) in [5.41, 5.74) is 7.85. The molecule has 2 nitrogen and oxygen atoms in total. The number of nitrogens with two attached hydrogens (primary N) is 1. The van der Waals surface area contributed by atoms with Crippen molar-refractivity contribution in [2.75, 3.05) is 6.54 Å². The molecule has 5 heteroatoms. The molecule has 148 valence electrons. The summed E-state index contributed by atoms with van der Waals surface area (Å²) in [6, 6.07) is 7.19. The molecule has 4 saturated carbocycles. The van der Waals surface area contributed by atoms with Crippen molar-refractivity contribution in [3.8, 4) is 0 Å². The smallest absolute Gasteiger partial charge is 0.123 e. The van der Waals surface area contributed by atoms with Crippen molar-refractivity contribution < 1.29 is 4.39 Å². The fraction of sp³-hybridized carbons (Fsp3) is 0.714. The van der Waals surface area contributed by atoms with Crippen molar-refractivity contribution in [3.63, 3.8) is 0 Å². The van der Waals surface area contributed by atoms with E-state index in [2.05, 4.69) is 12.2 Å². The predicted octanol–water partition coefficient (Wildman–Crippen LogP) is 5.25. The molecule has 5 rings (SSSR count). The molecule has 0 amide bonds. The van der Waals surface area contributed by atoms with Crippen LogP contribution in [0.2, 0.25) is 0 Å². The van der Waals surface area contributed by atoms with Gasteiger partial charge < -0.3 is 11.1 Å². The highest BCUT2D eigenvalue weighted by Gasteiger charge is 2.52. The quantitative estimate of drug-likeness (QED) is 0.681. The maximum atomic E-state index is 13.0. The monoisotopic (exact) mass is 402 g/mol. The molecule has 2 unspecified atom stereocenters. The Hall–Kier alpha value is -0.350. The molecule has 26 heavy (non-hydrogen) atoms. The van der Waals surface area contributed by atoms with Crippen molar-refractivity contribution in [1.29, 1.82) is 0 Å². The summed E-state index contributed by atoms with van der Waals surface area (Å²) in [6.45, 7) is 3.35. The number of halogens is 3. The van der Waals surface area contributed by atoms with E-state index in [1.165, 1.54) is 50.7 Å². The Kier molecular flexibility index (Phi) is 7.40. The number of benzene rings is 1. The molecule has 4 bridgehead atoms. The molecule has 0 spiro atoms. The molecule has 0 aliphatic heterocycles. The number of hydrogen-bond donors (Lipinski definition) is 2. The fourth-order valence-electron chi connectivity index (χ4n) is 6.26. The lowest BCUT2D eigenvalue weighted by Gasteiger charge is -2.59. The van der Waals surface area contributed by atoms with Crippen LogP contribution in [0.25, 0.3) is 0 Å². The van der Waals surface area contributed by atoms with Gasteiger partial charge in [-0.15, -0.1) is 24.8 Å². The van der Waals surface area contributed by atoms with E-state index >= 15 is 0 Å². The Morgan fingerprint density at radius 2 is 1.54 bits per heavy atom. The number of rotatable bonds is 6. The van der Waals surface area contributed by atoms with E-state index in [-0.39, 0.29) is 36.7 Å². The van der Waals surface area contributed by atoms with Crippen LogP contribution >= 0.6 is 24.8 Å². The lowest BCUT2D eigenvalue weighted by atomic mass is 9.48. The van der Waals surface area contributed by atoms with Crippen molar-refractivity contribution in [3.05, 3.63) is 35.6 Å². The molecule has 4 aliphatic carbocycles. The largest absolute Gasteiger partial charge is 0.324 e. The average Bonchev–Trinajstić information content (AvgIpc) is 2.54. The van der Waals surface area contributed by atoms with Crippen LogP contribution in [0.4, 0.5) is 4.39 Å². The van der Waals surface area contributed by atoms with E-state index in [0.29, 0.717) is 11.5 Å². The third kappa shape index (κ3) is 4.38. The van der Waals surface area contributed by atoms with Crippen LogP contribution < -0.4 is 11.1 Å². The van der Waals surface area contributed by atoms with Crippen molar-refractivity contribution >= 4 is 24.8 Å². The predicted molar refractivity (Wildman–Crippen MR) is 111 cm³/mol. The summed E-state index contributed by atoms with van der Waals surface area (Å²) in [7, 11) is 0. The second kappa shape index (κ2) is 8.77. The van der Waals surface area contributed by atoms with Crippen molar-refractivity contribution in [2.24, 2.45) is 28.9 Å². The van der Waals surface area contributed by atoms with Gasteiger partial charge in [-0.1, -0.05) is 12.1 Å². The third-order valence-electron chi connectivity index (χ3n) is 7.21. The molecule has 0 aromatic heterocycles. The van der Waals surface area contributed by atoms with Gasteiger partial charge in [-0.25, -0.2) is 4.39 Å². The summed E-state index contributed by atoms with van der Waals surface area (Å²) in [6.07, 6.45) is 9.73. The van der Waals surface area contributed by atoms with E-state index in [4.69, 9.17) is 5.73 Å². The van der Waals surface area contributed by atoms with E-state index in [1.54, 1.807) is 0 Å². The molecular weight excluding hydrogens is 370 g/mol. The zero-order valence-electron chi connectivity index (χ0n) is 15.6. The molecule has 0 heterocycles. The van der Waals surface area contributed by atoms with Crippen LogP contribution in [-0.2, 0) is 0 Å². The number of nitrogens with one attached hydrogen (secondary N) is 1. The lowest BCUT2D eigenvalue weighted by molar-refractivity contribution is -0.0703. The van der Waals surface area contributed by atoms with E-state index < -0.39 is 0 Å². The van der Waals surface area contributed by atoms with Gasteiger partial charge in [0.1, 0.15) is 5.82 Å². The van der Waals surface area contributed by atoms with E-state index in [9.17, 15) is 4.39 Å². The first kappa shape index (κ1) is 21.9. The van der Waals surface area contributed by atoms with Crippen LogP contribution in [0, 0.1) is 29.0 Å². The van der Waals surface area contributed by atoms with Crippen molar-refractivity contribution in [1.82, 2.24) is 5.32 Å². The first-order valence-electron chi connectivity index (χ1n) is 9.78. The van der Waals surface area contributed by atoms with Gasteiger partial charge in [0.2, 0.25) is 0 Å². The normalized spacial score (nSPS) is 33.9. The van der Waals surface area contributed by atoms with E-state index in [0.717, 1.165) is 36.3 Å². The molecule has 0 saturated heterocycles. The highest BCUT2D eigenvalue weighted by atomic mass is 35.5. The fourth-order valence-corrected chi connectivity index (χ4v) is 6.26. The highest BCUT2D eigenvalue weighted by Crippen LogP contribution is 2.61. The van der Waals surface area contributed by atoms with Crippen molar-refractivity contribution in [2.45, 2.75) is 64.0 Å². The molecule has 3 N–H and O–H groups in total. The molecule has 0 radical (unpaired) electrons. The molecule has 4 fully saturated rings. The highest BCUT2D eigenvalue weighted by molar-refractivity contribution is 5.85. The summed E-state index contributed by atoms with van der Waals surface area (Å²) < 4.78 is 13.0. The molecule has 1 aromatic carbocycles. The molecular formula is C21H33Cl2FN2. The summed E-state index contributed by atoms with van der Waals surface area (Å²) in [5, 5.41) is 3.80. The van der Waals surface area contributed by atoms with Gasteiger partial charge in [0.15, 0.2) is 0 Å². The SMILES string of the molecule is CC(NCCC(N)c1ccc(F)cc1)C12CC3CC(CC(C3)C1)C2.Cl.Cl. The zero-order valence-corrected chi connectivity index (χ0v) is 17.3. The van der Waals surface area contributed by atoms with Gasteiger partial charge in [-0.3, -0.25) is 0 Å². The summed E-state index contributed by atoms with van der Waals surface area (Å²) in [4.78, 5) is 0. The van der Waals surface area contributed by atoms with Crippen LogP contribution in [0.5, 0.6) is 0 Å². The molecule has 1 aromatic rings. The van der Waals surface area contributed by atoms with Crippen LogP contribution in [0.1, 0.15) is 63.5 Å². The Morgan fingerprint density at radius 3 is 2.04 bits per heavy atom. The van der Waals surface area contributed by atoms with E-state index in [1.807, 2.05) is 12.1 Å². The first-order valence-corrected chi connectivity index (χ1v) is 9.78. The topological polar surface area (TPSA) is 38.0 Å². The van der Waals surface area contributed by atoms with Crippen LogP contribution in [0.15, 0.2) is 24.3 Å². The lowest BCUT2D eigenvalue weighted by Crippen LogP contribution is -2.55. The van der Waals surface area contributed by atoms with Gasteiger partial charge in [0, 0.05) is 12.1 Å². The molecule has 4 aliphatic rings. The van der Waals surface area contributed by atoms with Crippen LogP contribution in [-0.4, -0.2) is 12.6 Å². The molecule has 2 atom stereocenters. The van der Waals surface area contributed by atoms with Gasteiger partial charge in [0.25, 0.3) is 0 Å². The number of hydrogen-bond acceptors (Lipinski definition) is 2. The maximum Gasteiger partial charge on any atom is 0.123 e. The van der Waals surface area contributed by atoms with Gasteiger partial charge >= 0.3 is 0 Å². The van der Waals surface area contributed by atoms with Gasteiger partial charge in [-0.2, -0.15) is 0 Å². The zero-order chi connectivity index (χ0) is 16.7. The second-order valence-corrected chi connectivity index (χ2v) is 8.90. The minimum Gasteiger partial charge on any atom is -0.324 e. The minimum atomic E-state index is -0.195. The Morgan fingerprint density at radius 1 is 1.04 bits per heavy atom. The third-order valence-corrected chi connectivity index (χ3v) is 7.21. The summed E-state index contributed by atoms with van der Waals surface area (Å²) in [5.74, 6) is 2.81. The minimum absolute atomic E-state index is 0. The Bertz CT molecular complexity index is 543.